The smallest absolute Gasteiger partial charge is 0.261 e. The standard InChI is InChI=1S/C11H15Br2NOS2/c1-3-16-5-4-7(2)14-11(15)9-6-8(12)10(13)17-9/h6-7H,3-5H2,1-2H3,(H,14,15). The van der Waals surface area contributed by atoms with E-state index in [1.807, 2.05) is 24.8 Å². The Kier molecular flexibility index (Phi) is 7.14. The van der Waals surface area contributed by atoms with Crippen molar-refractivity contribution in [1.82, 2.24) is 5.32 Å². The van der Waals surface area contributed by atoms with Gasteiger partial charge in [0, 0.05) is 10.5 Å². The molecule has 1 heterocycles. The summed E-state index contributed by atoms with van der Waals surface area (Å²) in [5.74, 6) is 2.23. The fourth-order valence-electron chi connectivity index (χ4n) is 1.23. The van der Waals surface area contributed by atoms with Gasteiger partial charge < -0.3 is 5.32 Å². The number of hydrogen-bond acceptors (Lipinski definition) is 3. The molecule has 0 aromatic carbocycles. The third kappa shape index (κ3) is 5.32. The molecule has 0 aliphatic heterocycles. The lowest BCUT2D eigenvalue weighted by atomic mass is 10.2. The second-order valence-electron chi connectivity index (χ2n) is 3.59. The fraction of sp³-hybridized carbons (Fsp3) is 0.545. The molecular formula is C11H15Br2NOS2. The monoisotopic (exact) mass is 399 g/mol. The number of thiophene rings is 1. The van der Waals surface area contributed by atoms with Gasteiger partial charge in [-0.05, 0) is 62.8 Å². The number of thioether (sulfide) groups is 1. The average molecular weight is 401 g/mol. The Balaban J connectivity index is 2.43. The van der Waals surface area contributed by atoms with Gasteiger partial charge in [-0.1, -0.05) is 6.92 Å². The Labute approximate surface area is 127 Å². The Morgan fingerprint density at radius 3 is 2.82 bits per heavy atom. The van der Waals surface area contributed by atoms with Gasteiger partial charge >= 0.3 is 0 Å². The summed E-state index contributed by atoms with van der Waals surface area (Å²) < 4.78 is 1.89. The number of halogens is 2. The summed E-state index contributed by atoms with van der Waals surface area (Å²) in [6, 6.07) is 2.07. The van der Waals surface area contributed by atoms with E-state index in [0.717, 1.165) is 31.1 Å². The lowest BCUT2D eigenvalue weighted by Crippen LogP contribution is -2.32. The van der Waals surface area contributed by atoms with Crippen molar-refractivity contribution in [1.29, 1.82) is 0 Å². The van der Waals surface area contributed by atoms with E-state index in [-0.39, 0.29) is 11.9 Å². The van der Waals surface area contributed by atoms with Gasteiger partial charge in [0.15, 0.2) is 0 Å². The van der Waals surface area contributed by atoms with Gasteiger partial charge in [-0.3, -0.25) is 4.79 Å². The Hall–Kier alpha value is 0.480. The summed E-state index contributed by atoms with van der Waals surface area (Å²) in [7, 11) is 0. The zero-order chi connectivity index (χ0) is 12.8. The zero-order valence-corrected chi connectivity index (χ0v) is 14.6. The Morgan fingerprint density at radius 1 is 1.59 bits per heavy atom. The zero-order valence-electron chi connectivity index (χ0n) is 9.76. The van der Waals surface area contributed by atoms with Crippen molar-refractivity contribution in [3.8, 4) is 0 Å². The molecule has 0 fully saturated rings. The Bertz CT molecular complexity index is 362. The average Bonchev–Trinajstić information content (AvgIpc) is 2.60. The number of hydrogen-bond donors (Lipinski definition) is 1. The van der Waals surface area contributed by atoms with Crippen LogP contribution >= 0.6 is 55.0 Å². The molecule has 1 aromatic heterocycles. The number of amides is 1. The number of rotatable bonds is 6. The van der Waals surface area contributed by atoms with Crippen molar-refractivity contribution in [2.24, 2.45) is 0 Å². The van der Waals surface area contributed by atoms with Crippen LogP contribution < -0.4 is 5.32 Å². The largest absolute Gasteiger partial charge is 0.349 e. The van der Waals surface area contributed by atoms with E-state index in [1.54, 1.807) is 0 Å². The molecule has 1 amide bonds. The highest BCUT2D eigenvalue weighted by Gasteiger charge is 2.13. The van der Waals surface area contributed by atoms with Gasteiger partial charge in [0.2, 0.25) is 0 Å². The van der Waals surface area contributed by atoms with Crippen molar-refractivity contribution < 1.29 is 4.79 Å². The van der Waals surface area contributed by atoms with Gasteiger partial charge in [0.25, 0.3) is 5.91 Å². The van der Waals surface area contributed by atoms with E-state index in [2.05, 4.69) is 44.1 Å². The van der Waals surface area contributed by atoms with Crippen LogP contribution in [0.25, 0.3) is 0 Å². The molecule has 2 nitrogen and oxygen atoms in total. The molecule has 0 saturated heterocycles. The first-order valence-corrected chi connectivity index (χ1v) is 8.93. The Morgan fingerprint density at radius 2 is 2.29 bits per heavy atom. The molecule has 0 saturated carbocycles. The second kappa shape index (κ2) is 7.81. The quantitative estimate of drug-likeness (QED) is 0.710. The molecular weight excluding hydrogens is 386 g/mol. The molecule has 0 spiro atoms. The van der Waals surface area contributed by atoms with Crippen molar-refractivity contribution in [2.75, 3.05) is 11.5 Å². The highest BCUT2D eigenvalue weighted by molar-refractivity contribution is 9.13. The molecule has 1 atom stereocenters. The first-order chi connectivity index (χ1) is 8.04. The van der Waals surface area contributed by atoms with E-state index in [1.165, 1.54) is 11.3 Å². The third-order valence-electron chi connectivity index (χ3n) is 2.15. The van der Waals surface area contributed by atoms with E-state index >= 15 is 0 Å². The molecule has 0 radical (unpaired) electrons. The second-order valence-corrected chi connectivity index (χ2v) is 8.21. The summed E-state index contributed by atoms with van der Waals surface area (Å²) in [6.07, 6.45) is 1.01. The molecule has 1 aromatic rings. The molecule has 17 heavy (non-hydrogen) atoms. The maximum absolute atomic E-state index is 11.9. The number of carbonyl (C=O) groups is 1. The summed E-state index contributed by atoms with van der Waals surface area (Å²) in [5, 5.41) is 3.01. The van der Waals surface area contributed by atoms with E-state index in [0.29, 0.717) is 0 Å². The maximum atomic E-state index is 11.9. The van der Waals surface area contributed by atoms with Crippen LogP contribution in [-0.4, -0.2) is 23.5 Å². The lowest BCUT2D eigenvalue weighted by Gasteiger charge is -2.12. The molecule has 6 heteroatoms. The predicted octanol–water partition coefficient (Wildman–Crippen LogP) is 4.53. The third-order valence-corrected chi connectivity index (χ3v) is 6.33. The van der Waals surface area contributed by atoms with Crippen LogP contribution in [0.5, 0.6) is 0 Å². The normalized spacial score (nSPS) is 12.5. The SMILES string of the molecule is CCSCCC(C)NC(=O)c1cc(Br)c(Br)s1. The lowest BCUT2D eigenvalue weighted by molar-refractivity contribution is 0.0943. The van der Waals surface area contributed by atoms with E-state index in [9.17, 15) is 4.79 Å². The fourth-order valence-corrected chi connectivity index (χ4v) is 3.98. The molecule has 1 unspecified atom stereocenters. The summed E-state index contributed by atoms with van der Waals surface area (Å²) >= 11 is 10.1. The van der Waals surface area contributed by atoms with Crippen LogP contribution in [0.1, 0.15) is 29.9 Å². The van der Waals surface area contributed by atoms with Crippen molar-refractivity contribution in [3.05, 3.63) is 19.2 Å². The first kappa shape index (κ1) is 15.5. The van der Waals surface area contributed by atoms with E-state index < -0.39 is 0 Å². The van der Waals surface area contributed by atoms with Crippen LogP contribution in [-0.2, 0) is 0 Å². The van der Waals surface area contributed by atoms with Gasteiger partial charge in [-0.15, -0.1) is 11.3 Å². The first-order valence-electron chi connectivity index (χ1n) is 5.38. The molecule has 0 aliphatic rings. The van der Waals surface area contributed by atoms with Crippen LogP contribution in [0.4, 0.5) is 0 Å². The van der Waals surface area contributed by atoms with Crippen LogP contribution in [0, 0.1) is 0 Å². The minimum atomic E-state index is 0.00963. The summed E-state index contributed by atoms with van der Waals surface area (Å²) in [5.41, 5.74) is 0. The molecule has 1 rings (SSSR count). The highest BCUT2D eigenvalue weighted by atomic mass is 79.9. The number of nitrogens with one attached hydrogen (secondary N) is 1. The molecule has 0 aliphatic carbocycles. The highest BCUT2D eigenvalue weighted by Crippen LogP contribution is 2.32. The summed E-state index contributed by atoms with van der Waals surface area (Å²) in [6.45, 7) is 4.19. The molecule has 0 bridgehead atoms. The molecule has 1 N–H and O–H groups in total. The summed E-state index contributed by atoms with van der Waals surface area (Å²) in [4.78, 5) is 12.6. The van der Waals surface area contributed by atoms with Gasteiger partial charge in [-0.25, -0.2) is 0 Å². The van der Waals surface area contributed by atoms with Crippen LogP contribution in [0.3, 0.4) is 0 Å². The van der Waals surface area contributed by atoms with Crippen molar-refractivity contribution in [3.63, 3.8) is 0 Å². The molecule has 96 valence electrons. The minimum absolute atomic E-state index is 0.00963. The maximum Gasteiger partial charge on any atom is 0.261 e. The van der Waals surface area contributed by atoms with Crippen LogP contribution in [0.2, 0.25) is 0 Å². The van der Waals surface area contributed by atoms with Gasteiger partial charge in [0.1, 0.15) is 0 Å². The minimum Gasteiger partial charge on any atom is -0.349 e. The van der Waals surface area contributed by atoms with Gasteiger partial charge in [0.05, 0.1) is 8.66 Å². The van der Waals surface area contributed by atoms with E-state index in [4.69, 9.17) is 0 Å². The number of carbonyl (C=O) groups excluding carboxylic acids is 1. The van der Waals surface area contributed by atoms with Crippen LogP contribution in [0.15, 0.2) is 14.3 Å². The topological polar surface area (TPSA) is 29.1 Å². The van der Waals surface area contributed by atoms with Crippen molar-refractivity contribution in [2.45, 2.75) is 26.3 Å². The predicted molar refractivity (Wildman–Crippen MR) is 84.3 cm³/mol. The van der Waals surface area contributed by atoms with Crippen molar-refractivity contribution >= 4 is 60.9 Å². The van der Waals surface area contributed by atoms with Gasteiger partial charge in [-0.2, -0.15) is 11.8 Å².